The van der Waals surface area contributed by atoms with Gasteiger partial charge >= 0.3 is 0 Å². The van der Waals surface area contributed by atoms with Gasteiger partial charge in [-0.25, -0.2) is 9.97 Å². The number of H-pyrrole nitrogens is 1. The summed E-state index contributed by atoms with van der Waals surface area (Å²) >= 11 is 0. The number of fused-ring (bicyclic) bond motifs is 2. The molecule has 0 radical (unpaired) electrons. The van der Waals surface area contributed by atoms with Gasteiger partial charge in [0.2, 0.25) is 5.95 Å². The van der Waals surface area contributed by atoms with Crippen molar-refractivity contribution in [1.82, 2.24) is 30.0 Å². The zero-order chi connectivity index (χ0) is 23.4. The minimum Gasteiger partial charge on any atom is -0.483 e. The fraction of sp³-hybridized carbons (Fsp3) is 0.391. The lowest BCUT2D eigenvalue weighted by Gasteiger charge is -2.40. The standard InChI is InChI=1S/C22H25N7O.CH2O2/c1-28(2)21-24-13-15-7-9-22(19(15)25-21)8-5-11-29(14-22)20(30)18-12-17(26-27-18)16-6-3-4-10-23-16;2-1-3/h3-4,6,10,12-13H,5,7-9,11,14H2,1-2H3,(H,26,27);1H,(H,2,3). The van der Waals surface area contributed by atoms with Gasteiger partial charge in [0.25, 0.3) is 12.4 Å². The van der Waals surface area contributed by atoms with Gasteiger partial charge < -0.3 is 14.9 Å². The van der Waals surface area contributed by atoms with Crippen LogP contribution in [0.15, 0.2) is 36.7 Å². The number of aryl methyl sites for hydroxylation is 1. The number of likely N-dealkylation sites (tertiary alicyclic amines) is 1. The van der Waals surface area contributed by atoms with Crippen LogP contribution in [-0.4, -0.2) is 74.7 Å². The zero-order valence-corrected chi connectivity index (χ0v) is 18.7. The Kier molecular flexibility index (Phi) is 6.34. The summed E-state index contributed by atoms with van der Waals surface area (Å²) in [6, 6.07) is 7.45. The van der Waals surface area contributed by atoms with Gasteiger partial charge in [-0.15, -0.1) is 0 Å². The van der Waals surface area contributed by atoms with Crippen LogP contribution in [0.4, 0.5) is 5.95 Å². The Bertz CT molecular complexity index is 1130. The van der Waals surface area contributed by atoms with Crippen LogP contribution in [0.5, 0.6) is 0 Å². The Labute approximate surface area is 191 Å². The molecule has 0 saturated carbocycles. The van der Waals surface area contributed by atoms with E-state index in [1.807, 2.05) is 48.3 Å². The van der Waals surface area contributed by atoms with E-state index >= 15 is 0 Å². The first kappa shape index (κ1) is 22.4. The number of rotatable bonds is 3. The van der Waals surface area contributed by atoms with Crippen molar-refractivity contribution in [3.8, 4) is 11.4 Å². The number of carbonyl (C=O) groups excluding carboxylic acids is 1. The molecule has 3 aromatic heterocycles. The molecule has 10 heteroatoms. The van der Waals surface area contributed by atoms with Crippen molar-refractivity contribution in [1.29, 1.82) is 0 Å². The molecule has 10 nitrogen and oxygen atoms in total. The van der Waals surface area contributed by atoms with E-state index in [1.165, 1.54) is 5.56 Å². The van der Waals surface area contributed by atoms with E-state index in [0.717, 1.165) is 49.6 Å². The van der Waals surface area contributed by atoms with Crippen LogP contribution in [0, 0.1) is 0 Å². The average molecular weight is 450 g/mol. The fourth-order valence-corrected chi connectivity index (χ4v) is 4.70. The molecule has 0 bridgehead atoms. The van der Waals surface area contributed by atoms with Gasteiger partial charge in [0.15, 0.2) is 0 Å². The number of carbonyl (C=O) groups is 2. The quantitative estimate of drug-likeness (QED) is 0.582. The summed E-state index contributed by atoms with van der Waals surface area (Å²) < 4.78 is 0. The summed E-state index contributed by atoms with van der Waals surface area (Å²) in [5, 5.41) is 14.1. The molecule has 1 atom stereocenters. The third-order valence-electron chi connectivity index (χ3n) is 6.23. The molecule has 1 amide bonds. The van der Waals surface area contributed by atoms with Crippen LogP contribution >= 0.6 is 0 Å². The van der Waals surface area contributed by atoms with Crippen molar-refractivity contribution in [2.75, 3.05) is 32.1 Å². The Morgan fingerprint density at radius 2 is 2.06 bits per heavy atom. The maximum atomic E-state index is 13.3. The van der Waals surface area contributed by atoms with E-state index in [2.05, 4.69) is 20.2 Å². The molecule has 0 aromatic carbocycles. The molecule has 1 saturated heterocycles. The van der Waals surface area contributed by atoms with Gasteiger partial charge in [-0.05, 0) is 49.4 Å². The van der Waals surface area contributed by atoms with Crippen molar-refractivity contribution in [2.24, 2.45) is 0 Å². The number of amides is 1. The van der Waals surface area contributed by atoms with Gasteiger partial charge in [-0.2, -0.15) is 5.10 Å². The summed E-state index contributed by atoms with van der Waals surface area (Å²) in [5.41, 5.74) is 4.19. The van der Waals surface area contributed by atoms with Crippen molar-refractivity contribution in [3.63, 3.8) is 0 Å². The maximum absolute atomic E-state index is 13.3. The number of aromatic amines is 1. The molecule has 1 fully saturated rings. The predicted octanol–water partition coefficient (Wildman–Crippen LogP) is 2.15. The average Bonchev–Trinajstić information content (AvgIpc) is 3.46. The number of pyridine rings is 1. The highest BCUT2D eigenvalue weighted by molar-refractivity contribution is 5.93. The summed E-state index contributed by atoms with van der Waals surface area (Å²) in [5.74, 6) is 0.714. The minimum absolute atomic E-state index is 0.0147. The largest absolute Gasteiger partial charge is 0.483 e. The molecule has 1 aliphatic carbocycles. The first-order valence-corrected chi connectivity index (χ1v) is 10.8. The number of hydrogen-bond acceptors (Lipinski definition) is 7. The number of piperidine rings is 1. The van der Waals surface area contributed by atoms with Crippen molar-refractivity contribution >= 4 is 18.3 Å². The zero-order valence-electron chi connectivity index (χ0n) is 18.7. The lowest BCUT2D eigenvalue weighted by atomic mass is 9.77. The van der Waals surface area contributed by atoms with Gasteiger partial charge in [-0.1, -0.05) is 6.07 Å². The normalized spacial score (nSPS) is 18.9. The summed E-state index contributed by atoms with van der Waals surface area (Å²) in [6.45, 7) is 1.18. The minimum atomic E-state index is -0.250. The van der Waals surface area contributed by atoms with E-state index in [0.29, 0.717) is 17.9 Å². The second-order valence-corrected chi connectivity index (χ2v) is 8.54. The predicted molar refractivity (Wildman–Crippen MR) is 122 cm³/mol. The fourth-order valence-electron chi connectivity index (χ4n) is 4.70. The smallest absolute Gasteiger partial charge is 0.290 e. The molecule has 5 rings (SSSR count). The van der Waals surface area contributed by atoms with Crippen LogP contribution in [0.2, 0.25) is 0 Å². The van der Waals surface area contributed by atoms with Crippen LogP contribution in [-0.2, 0) is 16.6 Å². The summed E-state index contributed by atoms with van der Waals surface area (Å²) in [4.78, 5) is 39.2. The molecule has 3 aromatic rings. The first-order valence-electron chi connectivity index (χ1n) is 10.8. The van der Waals surface area contributed by atoms with E-state index in [4.69, 9.17) is 14.9 Å². The van der Waals surface area contributed by atoms with Gasteiger partial charge in [0.1, 0.15) is 11.4 Å². The lowest BCUT2D eigenvalue weighted by Crippen LogP contribution is -2.48. The number of nitrogens with zero attached hydrogens (tertiary/aromatic N) is 6. The Hall–Kier alpha value is -3.82. The van der Waals surface area contributed by atoms with Crippen LogP contribution < -0.4 is 4.90 Å². The number of hydrogen-bond donors (Lipinski definition) is 2. The monoisotopic (exact) mass is 449 g/mol. The lowest BCUT2D eigenvalue weighted by molar-refractivity contribution is -0.122. The Morgan fingerprint density at radius 3 is 2.79 bits per heavy atom. The maximum Gasteiger partial charge on any atom is 0.290 e. The second-order valence-electron chi connectivity index (χ2n) is 8.54. The second kappa shape index (κ2) is 9.35. The topological polar surface area (TPSA) is 128 Å². The third-order valence-corrected chi connectivity index (χ3v) is 6.23. The molecule has 2 aliphatic rings. The van der Waals surface area contributed by atoms with Crippen molar-refractivity contribution in [3.05, 3.63) is 53.6 Å². The van der Waals surface area contributed by atoms with Crippen LogP contribution in [0.25, 0.3) is 11.4 Å². The third kappa shape index (κ3) is 4.41. The molecule has 172 valence electrons. The van der Waals surface area contributed by atoms with Crippen LogP contribution in [0.1, 0.15) is 41.0 Å². The van der Waals surface area contributed by atoms with Gasteiger partial charge in [0, 0.05) is 45.0 Å². The number of nitrogens with one attached hydrogen (secondary N) is 1. The number of carboxylic acid groups (broad SMARTS) is 1. The highest BCUT2D eigenvalue weighted by Crippen LogP contribution is 2.44. The van der Waals surface area contributed by atoms with E-state index < -0.39 is 0 Å². The first-order chi connectivity index (χ1) is 16.0. The Balaban J connectivity index is 0.000000821. The van der Waals surface area contributed by atoms with Gasteiger partial charge in [-0.3, -0.25) is 19.7 Å². The highest BCUT2D eigenvalue weighted by atomic mass is 16.3. The summed E-state index contributed by atoms with van der Waals surface area (Å²) in [6.07, 6.45) is 7.69. The van der Waals surface area contributed by atoms with E-state index in [-0.39, 0.29) is 17.8 Å². The van der Waals surface area contributed by atoms with E-state index in [9.17, 15) is 4.79 Å². The molecule has 1 spiro atoms. The highest BCUT2D eigenvalue weighted by Gasteiger charge is 2.45. The van der Waals surface area contributed by atoms with E-state index in [1.54, 1.807) is 12.3 Å². The molecule has 1 aliphatic heterocycles. The SMILES string of the molecule is CN(C)c1ncc2c(n1)C1(CCCN(C(=O)c3cc(-c4ccccn4)n[nH]3)C1)CC2.O=CO. The van der Waals surface area contributed by atoms with Crippen LogP contribution in [0.3, 0.4) is 0 Å². The summed E-state index contributed by atoms with van der Waals surface area (Å²) in [7, 11) is 3.91. The van der Waals surface area contributed by atoms with Crippen molar-refractivity contribution < 1.29 is 14.7 Å². The molecule has 1 unspecified atom stereocenters. The molecular formula is C23H27N7O3. The molecule has 33 heavy (non-hydrogen) atoms. The Morgan fingerprint density at radius 1 is 1.24 bits per heavy atom. The molecule has 4 heterocycles. The van der Waals surface area contributed by atoms with Gasteiger partial charge in [0.05, 0.1) is 11.4 Å². The molecule has 2 N–H and O–H groups in total. The van der Waals surface area contributed by atoms with Crippen molar-refractivity contribution in [2.45, 2.75) is 31.1 Å². The number of anilines is 1. The number of aromatic nitrogens is 5. The molecular weight excluding hydrogens is 422 g/mol.